The number of thioether (sulfide) groups is 1. The van der Waals surface area contributed by atoms with E-state index in [9.17, 15) is 14.9 Å². The fourth-order valence-electron chi connectivity index (χ4n) is 3.75. The number of nitriles is 1. The molecule has 1 aliphatic heterocycles. The van der Waals surface area contributed by atoms with Crippen LogP contribution in [0, 0.1) is 25.2 Å². The van der Waals surface area contributed by atoms with E-state index in [0.29, 0.717) is 32.9 Å². The van der Waals surface area contributed by atoms with Crippen LogP contribution in [0.5, 0.6) is 0 Å². The number of anilines is 2. The molecule has 0 saturated carbocycles. The minimum Gasteiger partial charge on any atom is -0.321 e. The van der Waals surface area contributed by atoms with Crippen molar-refractivity contribution in [1.29, 1.82) is 5.26 Å². The van der Waals surface area contributed by atoms with Crippen molar-refractivity contribution in [1.82, 2.24) is 0 Å². The molecule has 4 rings (SSSR count). The van der Waals surface area contributed by atoms with Crippen LogP contribution in [0.1, 0.15) is 16.7 Å². The van der Waals surface area contributed by atoms with Crippen molar-refractivity contribution in [2.75, 3.05) is 10.2 Å². The van der Waals surface area contributed by atoms with Crippen LogP contribution >= 0.6 is 35.0 Å². The highest BCUT2D eigenvalue weighted by atomic mass is 35.5. The first kappa shape index (κ1) is 24.9. The Balaban J connectivity index is 1.75. The summed E-state index contributed by atoms with van der Waals surface area (Å²) in [5, 5.41) is 13.5. The first-order valence-electron chi connectivity index (χ1n) is 10.8. The molecule has 35 heavy (non-hydrogen) atoms. The highest BCUT2D eigenvalue weighted by Gasteiger charge is 2.41. The summed E-state index contributed by atoms with van der Waals surface area (Å²) >= 11 is 13.7. The molecule has 2 amide bonds. The van der Waals surface area contributed by atoms with Gasteiger partial charge < -0.3 is 5.32 Å². The third kappa shape index (κ3) is 5.38. The average Bonchev–Trinajstić information content (AvgIpc) is 3.14. The summed E-state index contributed by atoms with van der Waals surface area (Å²) in [5.74, 6) is -0.807. The van der Waals surface area contributed by atoms with Gasteiger partial charge in [-0.15, -0.1) is 0 Å². The van der Waals surface area contributed by atoms with Gasteiger partial charge in [-0.25, -0.2) is 0 Å². The second-order valence-corrected chi connectivity index (χ2v) is 10.2. The fraction of sp³-hybridized carbons (Fsp3) is 0.148. The van der Waals surface area contributed by atoms with E-state index in [2.05, 4.69) is 5.32 Å². The van der Waals surface area contributed by atoms with Crippen molar-refractivity contribution in [3.05, 3.63) is 104 Å². The standard InChI is InChI=1S/C27H21Cl2N3O2S/c1-16-7-10-20(11-8-16)31-25(33)21(15-30)27-32(23-6-4-3-5-17(23)2)26(34)24(35-27)14-18-13-19(28)9-12-22(18)29/h3-13,24H,14H2,1-2H3,(H,31,33)/b27-21-. The Morgan fingerprint density at radius 2 is 1.80 bits per heavy atom. The zero-order chi connectivity index (χ0) is 25.1. The van der Waals surface area contributed by atoms with Gasteiger partial charge >= 0.3 is 0 Å². The molecule has 0 aromatic heterocycles. The largest absolute Gasteiger partial charge is 0.321 e. The molecule has 8 heteroatoms. The number of para-hydroxylation sites is 1. The van der Waals surface area contributed by atoms with Gasteiger partial charge in [0.2, 0.25) is 5.91 Å². The molecule has 0 bridgehead atoms. The number of hydrogen-bond acceptors (Lipinski definition) is 4. The Morgan fingerprint density at radius 3 is 2.49 bits per heavy atom. The van der Waals surface area contributed by atoms with Gasteiger partial charge in [-0.3, -0.25) is 14.5 Å². The number of nitrogens with one attached hydrogen (secondary N) is 1. The third-order valence-electron chi connectivity index (χ3n) is 5.58. The lowest BCUT2D eigenvalue weighted by molar-refractivity contribution is -0.117. The van der Waals surface area contributed by atoms with Crippen molar-refractivity contribution < 1.29 is 9.59 Å². The van der Waals surface area contributed by atoms with Gasteiger partial charge in [-0.1, -0.05) is 70.9 Å². The smallest absolute Gasteiger partial charge is 0.269 e. The maximum absolute atomic E-state index is 13.7. The van der Waals surface area contributed by atoms with Crippen LogP contribution in [0.2, 0.25) is 10.0 Å². The fourth-order valence-corrected chi connectivity index (χ4v) is 5.43. The summed E-state index contributed by atoms with van der Waals surface area (Å²) in [4.78, 5) is 28.3. The highest BCUT2D eigenvalue weighted by molar-refractivity contribution is 8.05. The lowest BCUT2D eigenvalue weighted by Crippen LogP contribution is -2.31. The van der Waals surface area contributed by atoms with E-state index in [1.54, 1.807) is 36.4 Å². The topological polar surface area (TPSA) is 73.2 Å². The van der Waals surface area contributed by atoms with Crippen molar-refractivity contribution >= 4 is 58.2 Å². The van der Waals surface area contributed by atoms with E-state index in [0.717, 1.165) is 16.7 Å². The predicted molar refractivity (Wildman–Crippen MR) is 143 cm³/mol. The first-order chi connectivity index (χ1) is 16.8. The van der Waals surface area contributed by atoms with Crippen LogP contribution in [-0.2, 0) is 16.0 Å². The van der Waals surface area contributed by atoms with Crippen molar-refractivity contribution in [3.63, 3.8) is 0 Å². The quantitative estimate of drug-likeness (QED) is 0.300. The Hall–Kier alpha value is -3.24. The molecule has 1 saturated heterocycles. The number of rotatable bonds is 5. The molecule has 3 aromatic carbocycles. The molecule has 0 radical (unpaired) electrons. The molecule has 0 aliphatic carbocycles. The number of benzene rings is 3. The summed E-state index contributed by atoms with van der Waals surface area (Å²) in [6.07, 6.45) is 0.299. The van der Waals surface area contributed by atoms with Crippen molar-refractivity contribution in [2.24, 2.45) is 0 Å². The summed E-state index contributed by atoms with van der Waals surface area (Å²) < 4.78 is 0. The second kappa shape index (κ2) is 10.6. The van der Waals surface area contributed by atoms with E-state index < -0.39 is 11.2 Å². The average molecular weight is 522 g/mol. The maximum Gasteiger partial charge on any atom is 0.269 e. The van der Waals surface area contributed by atoms with E-state index in [-0.39, 0.29) is 11.5 Å². The van der Waals surface area contributed by atoms with Crippen molar-refractivity contribution in [3.8, 4) is 6.07 Å². The van der Waals surface area contributed by atoms with Crippen LogP contribution in [-0.4, -0.2) is 17.1 Å². The summed E-state index contributed by atoms with van der Waals surface area (Å²) in [6, 6.07) is 21.8. The number of carbonyl (C=O) groups is 2. The van der Waals surface area contributed by atoms with E-state index in [1.165, 1.54) is 16.7 Å². The number of hydrogen-bond donors (Lipinski definition) is 1. The molecule has 3 aromatic rings. The molecule has 1 fully saturated rings. The Labute approximate surface area is 218 Å². The normalized spacial score (nSPS) is 16.7. The van der Waals surface area contributed by atoms with E-state index in [1.807, 2.05) is 50.2 Å². The van der Waals surface area contributed by atoms with Crippen LogP contribution in [0.3, 0.4) is 0 Å². The molecule has 1 N–H and O–H groups in total. The minimum atomic E-state index is -0.587. The Kier molecular flexibility index (Phi) is 7.51. The molecule has 1 unspecified atom stereocenters. The Morgan fingerprint density at radius 1 is 1.09 bits per heavy atom. The molecule has 176 valence electrons. The molecular weight excluding hydrogens is 501 g/mol. The van der Waals surface area contributed by atoms with Crippen LogP contribution < -0.4 is 10.2 Å². The van der Waals surface area contributed by atoms with Gasteiger partial charge in [0.15, 0.2) is 0 Å². The highest BCUT2D eigenvalue weighted by Crippen LogP contribution is 2.43. The lowest BCUT2D eigenvalue weighted by Gasteiger charge is -2.20. The number of halogens is 2. The monoisotopic (exact) mass is 521 g/mol. The Bertz CT molecular complexity index is 1380. The zero-order valence-electron chi connectivity index (χ0n) is 19.0. The molecule has 5 nitrogen and oxygen atoms in total. The van der Waals surface area contributed by atoms with Gasteiger partial charge in [0, 0.05) is 15.7 Å². The SMILES string of the molecule is Cc1ccc(NC(=O)/C(C#N)=C2\SC(Cc3cc(Cl)ccc3Cl)C(=O)N2c2ccccc2C)cc1. The second-order valence-electron chi connectivity index (χ2n) is 8.12. The first-order valence-corrected chi connectivity index (χ1v) is 12.4. The third-order valence-corrected chi connectivity index (χ3v) is 7.45. The van der Waals surface area contributed by atoms with Gasteiger partial charge in [-0.2, -0.15) is 5.26 Å². The van der Waals surface area contributed by atoms with E-state index >= 15 is 0 Å². The van der Waals surface area contributed by atoms with Gasteiger partial charge in [0.05, 0.1) is 10.9 Å². The molecule has 1 atom stereocenters. The van der Waals surface area contributed by atoms with E-state index in [4.69, 9.17) is 23.2 Å². The number of amides is 2. The molecule has 1 heterocycles. The molecule has 0 spiro atoms. The maximum atomic E-state index is 13.7. The lowest BCUT2D eigenvalue weighted by atomic mass is 10.1. The van der Waals surface area contributed by atoms with Gasteiger partial charge in [0.1, 0.15) is 16.7 Å². The van der Waals surface area contributed by atoms with Crippen LogP contribution in [0.15, 0.2) is 77.3 Å². The summed E-state index contributed by atoms with van der Waals surface area (Å²) in [6.45, 7) is 3.83. The molecular formula is C27H21Cl2N3O2S. The summed E-state index contributed by atoms with van der Waals surface area (Å²) in [5.41, 5.74) is 3.66. The zero-order valence-corrected chi connectivity index (χ0v) is 21.3. The van der Waals surface area contributed by atoms with Gasteiger partial charge in [-0.05, 0) is 67.8 Å². The number of carbonyl (C=O) groups excluding carboxylic acids is 2. The summed E-state index contributed by atoms with van der Waals surface area (Å²) in [7, 11) is 0. The van der Waals surface area contributed by atoms with Crippen LogP contribution in [0.4, 0.5) is 11.4 Å². The number of aryl methyl sites for hydroxylation is 2. The molecule has 1 aliphatic rings. The number of nitrogens with zero attached hydrogens (tertiary/aromatic N) is 2. The minimum absolute atomic E-state index is 0.133. The predicted octanol–water partition coefficient (Wildman–Crippen LogP) is 6.68. The van der Waals surface area contributed by atoms with Crippen LogP contribution in [0.25, 0.3) is 0 Å². The van der Waals surface area contributed by atoms with Crippen molar-refractivity contribution in [2.45, 2.75) is 25.5 Å². The van der Waals surface area contributed by atoms with Gasteiger partial charge in [0.25, 0.3) is 5.91 Å².